The minimum Gasteiger partial charge on any atom is -0.395 e. The lowest BCUT2D eigenvalue weighted by Gasteiger charge is -2.38. The van der Waals surface area contributed by atoms with Crippen molar-refractivity contribution in [1.82, 2.24) is 9.80 Å². The fourth-order valence-electron chi connectivity index (χ4n) is 5.76. The number of nitriles is 1. The summed E-state index contributed by atoms with van der Waals surface area (Å²) in [4.78, 5) is 17.5. The molecule has 36 heavy (non-hydrogen) atoms. The SMILES string of the molecule is CC(C)N(CCO)CCN(C(=O)Nc1ccc(F)c(Cl)c1)C1CC[C@]2(c3cccc(C#N)c3)CC2C1. The topological polar surface area (TPSA) is 79.6 Å². The Morgan fingerprint density at radius 3 is 2.75 bits per heavy atom. The second kappa shape index (κ2) is 11.2. The van der Waals surface area contributed by atoms with Crippen molar-refractivity contribution < 1.29 is 14.3 Å². The van der Waals surface area contributed by atoms with Crippen molar-refractivity contribution in [1.29, 1.82) is 5.26 Å². The van der Waals surface area contributed by atoms with Gasteiger partial charge >= 0.3 is 6.03 Å². The molecule has 6 nitrogen and oxygen atoms in total. The van der Waals surface area contributed by atoms with Crippen LogP contribution in [0.1, 0.15) is 50.7 Å². The van der Waals surface area contributed by atoms with E-state index in [9.17, 15) is 19.6 Å². The van der Waals surface area contributed by atoms with Crippen LogP contribution >= 0.6 is 11.6 Å². The van der Waals surface area contributed by atoms with Gasteiger partial charge in [-0.15, -0.1) is 0 Å². The van der Waals surface area contributed by atoms with Gasteiger partial charge in [0.2, 0.25) is 0 Å². The first-order valence-corrected chi connectivity index (χ1v) is 13.0. The fraction of sp³-hybridized carbons (Fsp3) is 0.500. The van der Waals surface area contributed by atoms with Gasteiger partial charge in [0.15, 0.2) is 0 Å². The van der Waals surface area contributed by atoms with Crippen molar-refractivity contribution in [2.45, 2.75) is 57.0 Å². The largest absolute Gasteiger partial charge is 0.395 e. The van der Waals surface area contributed by atoms with Crippen LogP contribution in [0.4, 0.5) is 14.9 Å². The van der Waals surface area contributed by atoms with E-state index in [1.807, 2.05) is 23.1 Å². The maximum Gasteiger partial charge on any atom is 0.322 e. The number of nitrogens with one attached hydrogen (secondary N) is 1. The van der Waals surface area contributed by atoms with Gasteiger partial charge in [0, 0.05) is 37.4 Å². The quantitative estimate of drug-likeness (QED) is 0.471. The van der Waals surface area contributed by atoms with Gasteiger partial charge in [0.25, 0.3) is 0 Å². The van der Waals surface area contributed by atoms with E-state index >= 15 is 0 Å². The molecule has 4 rings (SSSR count). The summed E-state index contributed by atoms with van der Waals surface area (Å²) >= 11 is 5.93. The average Bonchev–Trinajstić information content (AvgIpc) is 3.61. The Kier molecular flexibility index (Phi) is 8.19. The van der Waals surface area contributed by atoms with Gasteiger partial charge in [0.05, 0.1) is 23.3 Å². The van der Waals surface area contributed by atoms with Crippen LogP contribution in [0.3, 0.4) is 0 Å². The van der Waals surface area contributed by atoms with E-state index in [0.29, 0.717) is 36.8 Å². The summed E-state index contributed by atoms with van der Waals surface area (Å²) in [6.07, 6.45) is 3.81. The van der Waals surface area contributed by atoms with Crippen LogP contribution in [-0.2, 0) is 5.41 Å². The molecule has 0 spiro atoms. The molecule has 2 aromatic rings. The highest BCUT2D eigenvalue weighted by Crippen LogP contribution is 2.62. The monoisotopic (exact) mass is 512 g/mol. The summed E-state index contributed by atoms with van der Waals surface area (Å²) in [5, 5.41) is 21.7. The molecule has 0 saturated heterocycles. The molecule has 2 aliphatic rings. The predicted octanol–water partition coefficient (Wildman–Crippen LogP) is 5.40. The molecule has 0 radical (unpaired) electrons. The average molecular weight is 513 g/mol. The molecule has 3 atom stereocenters. The second-order valence-electron chi connectivity index (χ2n) is 10.3. The van der Waals surface area contributed by atoms with Crippen molar-refractivity contribution >= 4 is 23.3 Å². The van der Waals surface area contributed by atoms with Gasteiger partial charge in [0.1, 0.15) is 5.82 Å². The molecule has 2 N–H and O–H groups in total. The molecule has 192 valence electrons. The van der Waals surface area contributed by atoms with Crippen LogP contribution in [0, 0.1) is 23.1 Å². The number of carbonyl (C=O) groups excluding carboxylic acids is 1. The van der Waals surface area contributed by atoms with E-state index in [-0.39, 0.29) is 35.2 Å². The molecule has 2 aromatic carbocycles. The number of aliphatic hydroxyl groups is 1. The van der Waals surface area contributed by atoms with Crippen molar-refractivity contribution in [3.63, 3.8) is 0 Å². The first-order chi connectivity index (χ1) is 17.3. The number of hydrogen-bond donors (Lipinski definition) is 2. The molecule has 2 fully saturated rings. The first-order valence-electron chi connectivity index (χ1n) is 12.7. The second-order valence-corrected chi connectivity index (χ2v) is 10.7. The highest BCUT2D eigenvalue weighted by molar-refractivity contribution is 6.31. The van der Waals surface area contributed by atoms with Crippen molar-refractivity contribution in [3.05, 3.63) is 64.4 Å². The molecular weight excluding hydrogens is 479 g/mol. The van der Waals surface area contributed by atoms with E-state index in [0.717, 1.165) is 25.7 Å². The predicted molar refractivity (Wildman–Crippen MR) is 140 cm³/mol. The van der Waals surface area contributed by atoms with Gasteiger partial charge in [-0.3, -0.25) is 4.90 Å². The summed E-state index contributed by atoms with van der Waals surface area (Å²) in [5.74, 6) is -0.0553. The van der Waals surface area contributed by atoms with Crippen molar-refractivity contribution in [2.75, 3.05) is 31.6 Å². The molecule has 0 aromatic heterocycles. The maximum absolute atomic E-state index is 13.6. The fourth-order valence-corrected chi connectivity index (χ4v) is 5.94. The Morgan fingerprint density at radius 1 is 1.28 bits per heavy atom. The van der Waals surface area contributed by atoms with Gasteiger partial charge in [-0.2, -0.15) is 5.26 Å². The zero-order chi connectivity index (χ0) is 25.9. The van der Waals surface area contributed by atoms with Gasteiger partial charge in [-0.1, -0.05) is 23.7 Å². The normalized spacial score (nSPS) is 22.7. The number of benzene rings is 2. The molecule has 0 heterocycles. The van der Waals surface area contributed by atoms with Gasteiger partial charge < -0.3 is 15.3 Å². The standard InChI is InChI=1S/C28H34ClFN4O2/c1-19(2)33(12-13-35)10-11-34(27(36)32-23-6-7-26(30)25(29)16-23)24-8-9-28(17-22(28)15-24)21-5-3-4-20(14-21)18-31/h3-7,14,16,19,22,24,35H,8-13,15,17H2,1-2H3,(H,32,36)/t22?,24?,28-/m1/s1. The third-order valence-electron chi connectivity index (χ3n) is 7.90. The third kappa shape index (κ3) is 5.67. The minimum atomic E-state index is -0.527. The van der Waals surface area contributed by atoms with Crippen LogP contribution in [0.5, 0.6) is 0 Å². The zero-order valence-corrected chi connectivity index (χ0v) is 21.6. The van der Waals surface area contributed by atoms with Crippen LogP contribution in [-0.4, -0.2) is 59.3 Å². The Labute approximate surface area is 217 Å². The summed E-state index contributed by atoms with van der Waals surface area (Å²) in [6, 6.07) is 14.5. The lowest BCUT2D eigenvalue weighted by molar-refractivity contribution is 0.122. The molecule has 8 heteroatoms. The highest BCUT2D eigenvalue weighted by atomic mass is 35.5. The first kappa shape index (κ1) is 26.4. The van der Waals surface area contributed by atoms with Crippen molar-refractivity contribution in [3.8, 4) is 6.07 Å². The van der Waals surface area contributed by atoms with Crippen LogP contribution in [0.25, 0.3) is 0 Å². The summed E-state index contributed by atoms with van der Waals surface area (Å²) in [7, 11) is 0. The number of urea groups is 1. The van der Waals surface area contributed by atoms with E-state index in [2.05, 4.69) is 36.2 Å². The molecule has 2 amide bonds. The molecular formula is C28H34ClFN4O2. The summed E-state index contributed by atoms with van der Waals surface area (Å²) in [6.45, 7) is 5.93. The molecule has 2 saturated carbocycles. The summed E-state index contributed by atoms with van der Waals surface area (Å²) < 4.78 is 13.6. The number of rotatable bonds is 9. The molecule has 0 aliphatic heterocycles. The lowest BCUT2D eigenvalue weighted by Crippen LogP contribution is -2.49. The number of anilines is 1. The molecule has 0 bridgehead atoms. The van der Waals surface area contributed by atoms with E-state index in [1.165, 1.54) is 23.8 Å². The van der Waals surface area contributed by atoms with Crippen LogP contribution < -0.4 is 5.32 Å². The number of halogens is 2. The number of amides is 2. The Bertz CT molecular complexity index is 1140. The van der Waals surface area contributed by atoms with E-state index in [4.69, 9.17) is 11.6 Å². The summed E-state index contributed by atoms with van der Waals surface area (Å²) in [5.41, 5.74) is 2.48. The third-order valence-corrected chi connectivity index (χ3v) is 8.19. The number of carbonyl (C=O) groups is 1. The number of nitrogens with zero attached hydrogens (tertiary/aromatic N) is 3. The zero-order valence-electron chi connectivity index (χ0n) is 20.9. The Morgan fingerprint density at radius 2 is 2.08 bits per heavy atom. The van der Waals surface area contributed by atoms with E-state index in [1.54, 1.807) is 0 Å². The van der Waals surface area contributed by atoms with Crippen molar-refractivity contribution in [2.24, 2.45) is 5.92 Å². The van der Waals surface area contributed by atoms with E-state index < -0.39 is 5.82 Å². The number of hydrogen-bond acceptors (Lipinski definition) is 4. The maximum atomic E-state index is 13.6. The smallest absolute Gasteiger partial charge is 0.322 e. The Balaban J connectivity index is 1.50. The van der Waals surface area contributed by atoms with Gasteiger partial charge in [-0.05, 0) is 86.8 Å². The van der Waals surface area contributed by atoms with Gasteiger partial charge in [-0.25, -0.2) is 9.18 Å². The van der Waals surface area contributed by atoms with Crippen LogP contribution in [0.15, 0.2) is 42.5 Å². The number of fused-ring (bicyclic) bond motifs is 1. The molecule has 2 aliphatic carbocycles. The highest BCUT2D eigenvalue weighted by Gasteiger charge is 2.58. The molecule has 2 unspecified atom stereocenters. The minimum absolute atomic E-state index is 0.0340. The number of aliphatic hydroxyl groups excluding tert-OH is 1. The van der Waals surface area contributed by atoms with Crippen LogP contribution in [0.2, 0.25) is 5.02 Å². The lowest BCUT2D eigenvalue weighted by atomic mass is 9.80. The Hall–Kier alpha value is -2.66.